The van der Waals surface area contributed by atoms with Crippen molar-refractivity contribution in [3.8, 4) is 0 Å². The first kappa shape index (κ1) is 15.2. The van der Waals surface area contributed by atoms with Crippen LogP contribution < -0.4 is 21.3 Å². The molecule has 2 unspecified atom stereocenters. The van der Waals surface area contributed by atoms with Crippen molar-refractivity contribution in [3.05, 3.63) is 53.8 Å². The Kier molecular flexibility index (Phi) is 3.78. The van der Waals surface area contributed by atoms with Gasteiger partial charge >= 0.3 is 0 Å². The second-order valence-corrected chi connectivity index (χ2v) is 6.54. The summed E-state index contributed by atoms with van der Waals surface area (Å²) in [5.41, 5.74) is 16.4. The van der Waals surface area contributed by atoms with E-state index in [1.54, 1.807) is 0 Å². The molecule has 0 spiro atoms. The summed E-state index contributed by atoms with van der Waals surface area (Å²) in [7, 11) is 0. The minimum Gasteiger partial charge on any atom is -0.469 e. The van der Waals surface area contributed by atoms with Gasteiger partial charge in [-0.1, -0.05) is 0 Å². The van der Waals surface area contributed by atoms with E-state index in [9.17, 15) is 0 Å². The van der Waals surface area contributed by atoms with E-state index in [4.69, 9.17) is 16.2 Å². The Morgan fingerprint density at radius 2 is 2.17 bits per heavy atom. The molecule has 2 atom stereocenters. The standard InChI is InChI=1S/C18H23N5O/c1-12-5-8-23(15-9-17(20)24-18(12)15)16-10-21-6-4-14(16)22-7-2-3-13(19)11-22/h4-6,8-10,13,17H,2-3,7,11,19-20H2,1H3. The fourth-order valence-corrected chi connectivity index (χ4v) is 3.56. The molecular weight excluding hydrogens is 302 g/mol. The zero-order valence-electron chi connectivity index (χ0n) is 13.9. The number of fused-ring (bicyclic) bond motifs is 1. The number of nitrogens with two attached hydrogens (primary N) is 2. The van der Waals surface area contributed by atoms with Crippen molar-refractivity contribution < 1.29 is 4.74 Å². The number of nitrogens with zero attached hydrogens (tertiary/aromatic N) is 3. The highest BCUT2D eigenvalue weighted by molar-refractivity contribution is 5.76. The predicted molar refractivity (Wildman–Crippen MR) is 95.1 cm³/mol. The smallest absolute Gasteiger partial charge is 0.169 e. The Hall–Kier alpha value is -2.31. The highest BCUT2D eigenvalue weighted by Gasteiger charge is 2.30. The Morgan fingerprint density at radius 3 is 3.00 bits per heavy atom. The maximum absolute atomic E-state index is 6.17. The first-order valence-electron chi connectivity index (χ1n) is 8.41. The number of pyridine rings is 1. The number of anilines is 2. The molecule has 1 aromatic heterocycles. The molecule has 4 rings (SSSR count). The first-order chi connectivity index (χ1) is 11.6. The maximum atomic E-state index is 6.17. The highest BCUT2D eigenvalue weighted by atomic mass is 16.5. The maximum Gasteiger partial charge on any atom is 0.169 e. The molecule has 1 fully saturated rings. The summed E-state index contributed by atoms with van der Waals surface area (Å²) in [4.78, 5) is 8.79. The van der Waals surface area contributed by atoms with E-state index in [1.807, 2.05) is 31.5 Å². The van der Waals surface area contributed by atoms with Crippen molar-refractivity contribution in [1.82, 2.24) is 4.98 Å². The number of rotatable bonds is 2. The van der Waals surface area contributed by atoms with Gasteiger partial charge in [0.15, 0.2) is 6.23 Å². The molecule has 0 aromatic carbocycles. The van der Waals surface area contributed by atoms with E-state index >= 15 is 0 Å². The second kappa shape index (κ2) is 5.96. The third-order valence-electron chi connectivity index (χ3n) is 4.74. The second-order valence-electron chi connectivity index (χ2n) is 6.54. The van der Waals surface area contributed by atoms with Crippen LogP contribution in [0.4, 0.5) is 11.4 Å². The molecular formula is C18H23N5O. The number of aromatic nitrogens is 1. The Bertz CT molecular complexity index is 739. The van der Waals surface area contributed by atoms with Crippen molar-refractivity contribution in [2.24, 2.45) is 11.5 Å². The van der Waals surface area contributed by atoms with Crippen molar-refractivity contribution in [2.45, 2.75) is 32.0 Å². The normalized spacial score (nSPS) is 26.4. The van der Waals surface area contributed by atoms with Crippen molar-refractivity contribution in [3.63, 3.8) is 0 Å². The lowest BCUT2D eigenvalue weighted by Gasteiger charge is -2.36. The van der Waals surface area contributed by atoms with Gasteiger partial charge in [0.25, 0.3) is 0 Å². The van der Waals surface area contributed by atoms with E-state index in [0.29, 0.717) is 0 Å². The molecule has 3 aliphatic heterocycles. The summed E-state index contributed by atoms with van der Waals surface area (Å²) in [6, 6.07) is 2.28. The summed E-state index contributed by atoms with van der Waals surface area (Å²) in [6.45, 7) is 3.91. The highest BCUT2D eigenvalue weighted by Crippen LogP contribution is 2.39. The Balaban J connectivity index is 1.73. The van der Waals surface area contributed by atoms with Crippen LogP contribution in [-0.2, 0) is 4.74 Å². The summed E-state index contributed by atoms with van der Waals surface area (Å²) >= 11 is 0. The molecule has 4 heterocycles. The lowest BCUT2D eigenvalue weighted by atomic mass is 10.1. The monoisotopic (exact) mass is 325 g/mol. The number of allylic oxidation sites excluding steroid dienone is 2. The molecule has 126 valence electrons. The van der Waals surface area contributed by atoms with E-state index in [1.165, 1.54) is 0 Å². The van der Waals surface area contributed by atoms with Crippen LogP contribution in [0.15, 0.2) is 53.8 Å². The van der Waals surface area contributed by atoms with E-state index in [2.05, 4.69) is 27.1 Å². The van der Waals surface area contributed by atoms with Gasteiger partial charge in [0.1, 0.15) is 5.76 Å². The third kappa shape index (κ3) is 2.57. The van der Waals surface area contributed by atoms with E-state index in [-0.39, 0.29) is 6.04 Å². The number of piperidine rings is 1. The number of ether oxygens (including phenoxy) is 1. The van der Waals surface area contributed by atoms with Gasteiger partial charge in [-0.3, -0.25) is 10.7 Å². The van der Waals surface area contributed by atoms with Gasteiger partial charge in [0.05, 0.1) is 23.3 Å². The summed E-state index contributed by atoms with van der Waals surface area (Å²) in [5.74, 6) is 0.843. The minimum absolute atomic E-state index is 0.219. The molecule has 3 aliphatic rings. The van der Waals surface area contributed by atoms with Crippen LogP contribution in [0.25, 0.3) is 0 Å². The molecule has 0 saturated carbocycles. The molecule has 0 bridgehead atoms. The zero-order chi connectivity index (χ0) is 16.7. The quantitative estimate of drug-likeness (QED) is 0.863. The molecule has 4 N–H and O–H groups in total. The van der Waals surface area contributed by atoms with Crippen LogP contribution in [0.5, 0.6) is 0 Å². The molecule has 0 radical (unpaired) electrons. The van der Waals surface area contributed by atoms with Gasteiger partial charge in [0, 0.05) is 31.5 Å². The lowest BCUT2D eigenvalue weighted by molar-refractivity contribution is 0.184. The van der Waals surface area contributed by atoms with Gasteiger partial charge in [-0.25, -0.2) is 0 Å². The fourth-order valence-electron chi connectivity index (χ4n) is 3.56. The van der Waals surface area contributed by atoms with Crippen LogP contribution in [0.2, 0.25) is 0 Å². The SMILES string of the molecule is CC1=C2OC(N)C=C2N(c2cnccc2N2CCCC(N)C2)C=C1. The number of hydrogen-bond donors (Lipinski definition) is 2. The van der Waals surface area contributed by atoms with Crippen molar-refractivity contribution >= 4 is 11.4 Å². The topological polar surface area (TPSA) is 80.6 Å². The largest absolute Gasteiger partial charge is 0.469 e. The summed E-state index contributed by atoms with van der Waals surface area (Å²) in [6.07, 6.45) is 11.6. The van der Waals surface area contributed by atoms with E-state index in [0.717, 1.165) is 54.3 Å². The fraction of sp³-hybridized carbons (Fsp3) is 0.389. The van der Waals surface area contributed by atoms with Gasteiger partial charge in [-0.2, -0.15) is 0 Å². The van der Waals surface area contributed by atoms with E-state index < -0.39 is 6.23 Å². The average molecular weight is 325 g/mol. The predicted octanol–water partition coefficient (Wildman–Crippen LogP) is 1.82. The van der Waals surface area contributed by atoms with Gasteiger partial charge in [0.2, 0.25) is 0 Å². The van der Waals surface area contributed by atoms with Crippen LogP contribution in [-0.4, -0.2) is 30.3 Å². The minimum atomic E-state index is -0.407. The van der Waals surface area contributed by atoms with Gasteiger partial charge in [-0.05, 0) is 43.6 Å². The van der Waals surface area contributed by atoms with Crippen LogP contribution in [0.3, 0.4) is 0 Å². The number of hydrogen-bond acceptors (Lipinski definition) is 6. The zero-order valence-corrected chi connectivity index (χ0v) is 13.9. The Morgan fingerprint density at radius 1 is 1.29 bits per heavy atom. The molecule has 24 heavy (non-hydrogen) atoms. The van der Waals surface area contributed by atoms with Crippen LogP contribution in [0.1, 0.15) is 19.8 Å². The molecule has 6 nitrogen and oxygen atoms in total. The molecule has 6 heteroatoms. The van der Waals surface area contributed by atoms with Crippen molar-refractivity contribution in [2.75, 3.05) is 22.9 Å². The average Bonchev–Trinajstić information content (AvgIpc) is 2.98. The van der Waals surface area contributed by atoms with Crippen molar-refractivity contribution in [1.29, 1.82) is 0 Å². The van der Waals surface area contributed by atoms with Gasteiger partial charge in [-0.15, -0.1) is 0 Å². The van der Waals surface area contributed by atoms with Gasteiger partial charge < -0.3 is 20.3 Å². The van der Waals surface area contributed by atoms with Crippen LogP contribution >= 0.6 is 0 Å². The molecule has 1 saturated heterocycles. The molecule has 0 amide bonds. The summed E-state index contributed by atoms with van der Waals surface area (Å²) < 4.78 is 5.75. The molecule has 1 aromatic rings. The lowest BCUT2D eigenvalue weighted by Crippen LogP contribution is -2.43. The first-order valence-corrected chi connectivity index (χ1v) is 8.41. The van der Waals surface area contributed by atoms with Crippen LogP contribution in [0, 0.1) is 0 Å². The third-order valence-corrected chi connectivity index (χ3v) is 4.74. The Labute approximate surface area is 142 Å². The molecule has 0 aliphatic carbocycles. The summed E-state index contributed by atoms with van der Waals surface area (Å²) in [5, 5.41) is 0.